The van der Waals surface area contributed by atoms with Gasteiger partial charge in [0.1, 0.15) is 0 Å². The molecule has 0 radical (unpaired) electrons. The summed E-state index contributed by atoms with van der Waals surface area (Å²) in [6, 6.07) is 8.03. The van der Waals surface area contributed by atoms with Crippen molar-refractivity contribution in [3.8, 4) is 0 Å². The molecule has 20 heavy (non-hydrogen) atoms. The van der Waals surface area contributed by atoms with Crippen LogP contribution in [0.1, 0.15) is 25.7 Å². The van der Waals surface area contributed by atoms with Gasteiger partial charge in [0.15, 0.2) is 0 Å². The van der Waals surface area contributed by atoms with Crippen LogP contribution in [0, 0.1) is 11.8 Å². The van der Waals surface area contributed by atoms with E-state index in [-0.39, 0.29) is 18.4 Å². The summed E-state index contributed by atoms with van der Waals surface area (Å²) in [6.07, 6.45) is 4.08. The zero-order chi connectivity index (χ0) is 13.9. The van der Waals surface area contributed by atoms with E-state index in [1.165, 1.54) is 0 Å². The molecule has 2 aliphatic rings. The van der Waals surface area contributed by atoms with Crippen molar-refractivity contribution in [3.05, 3.63) is 24.3 Å². The smallest absolute Gasteiger partial charge is 0.227 e. The van der Waals surface area contributed by atoms with Crippen LogP contribution in [0.4, 0.5) is 11.4 Å². The maximum Gasteiger partial charge on any atom is 0.227 e. The SMILES string of the molecule is O=C(Nc1ccccc1N1CCC(CO)CC1)C1CC1. The fourth-order valence-electron chi connectivity index (χ4n) is 2.79. The molecule has 108 valence electrons. The van der Waals surface area contributed by atoms with E-state index in [0.717, 1.165) is 50.1 Å². The van der Waals surface area contributed by atoms with Gasteiger partial charge in [-0.3, -0.25) is 4.79 Å². The van der Waals surface area contributed by atoms with Gasteiger partial charge in [-0.05, 0) is 43.7 Å². The van der Waals surface area contributed by atoms with Gasteiger partial charge in [-0.2, -0.15) is 0 Å². The quantitative estimate of drug-likeness (QED) is 0.885. The molecule has 1 aromatic carbocycles. The number of nitrogens with zero attached hydrogens (tertiary/aromatic N) is 1. The molecule has 1 aromatic rings. The van der Waals surface area contributed by atoms with E-state index in [0.29, 0.717) is 5.92 Å². The van der Waals surface area contributed by atoms with E-state index in [2.05, 4.69) is 16.3 Å². The molecule has 2 fully saturated rings. The molecule has 1 saturated heterocycles. The second-order valence-electron chi connectivity index (χ2n) is 5.89. The summed E-state index contributed by atoms with van der Waals surface area (Å²) in [6.45, 7) is 2.18. The lowest BCUT2D eigenvalue weighted by atomic mass is 9.97. The maximum atomic E-state index is 11.9. The molecule has 1 heterocycles. The summed E-state index contributed by atoms with van der Waals surface area (Å²) in [5, 5.41) is 12.3. The van der Waals surface area contributed by atoms with E-state index >= 15 is 0 Å². The Bertz CT molecular complexity index is 477. The monoisotopic (exact) mass is 274 g/mol. The number of nitrogens with one attached hydrogen (secondary N) is 1. The van der Waals surface area contributed by atoms with Gasteiger partial charge in [-0.15, -0.1) is 0 Å². The second-order valence-corrected chi connectivity index (χ2v) is 5.89. The number of anilines is 2. The highest BCUT2D eigenvalue weighted by Crippen LogP contribution is 2.33. The molecule has 1 amide bonds. The number of para-hydroxylation sites is 2. The zero-order valence-corrected chi connectivity index (χ0v) is 11.7. The van der Waals surface area contributed by atoms with E-state index in [1.807, 2.05) is 18.2 Å². The maximum absolute atomic E-state index is 11.9. The van der Waals surface area contributed by atoms with Crippen LogP contribution in [0.2, 0.25) is 0 Å². The second kappa shape index (κ2) is 5.83. The Hall–Kier alpha value is -1.55. The first kappa shape index (κ1) is 13.4. The number of benzene rings is 1. The predicted octanol–water partition coefficient (Wildman–Crippen LogP) is 2.24. The minimum Gasteiger partial charge on any atom is -0.396 e. The number of hydrogen-bond acceptors (Lipinski definition) is 3. The summed E-state index contributed by atoms with van der Waals surface area (Å²) in [5.74, 6) is 0.811. The van der Waals surface area contributed by atoms with Gasteiger partial charge < -0.3 is 15.3 Å². The molecule has 0 bridgehead atoms. The molecule has 2 N–H and O–H groups in total. The highest BCUT2D eigenvalue weighted by atomic mass is 16.3. The van der Waals surface area contributed by atoms with Gasteiger partial charge in [0, 0.05) is 25.6 Å². The summed E-state index contributed by atoms with van der Waals surface area (Å²) in [7, 11) is 0. The lowest BCUT2D eigenvalue weighted by Gasteiger charge is -2.34. The predicted molar refractivity (Wildman–Crippen MR) is 79.8 cm³/mol. The van der Waals surface area contributed by atoms with Gasteiger partial charge >= 0.3 is 0 Å². The van der Waals surface area contributed by atoms with E-state index in [4.69, 9.17) is 0 Å². The Balaban J connectivity index is 1.70. The van der Waals surface area contributed by atoms with Crippen molar-refractivity contribution in [2.75, 3.05) is 29.9 Å². The first-order valence-corrected chi connectivity index (χ1v) is 7.53. The van der Waals surface area contributed by atoms with E-state index in [1.54, 1.807) is 0 Å². The van der Waals surface area contributed by atoms with Crippen LogP contribution >= 0.6 is 0 Å². The van der Waals surface area contributed by atoms with Crippen molar-refractivity contribution < 1.29 is 9.90 Å². The molecular formula is C16H22N2O2. The van der Waals surface area contributed by atoms with Crippen LogP contribution in [-0.4, -0.2) is 30.7 Å². The van der Waals surface area contributed by atoms with Crippen LogP contribution in [0.15, 0.2) is 24.3 Å². The molecule has 0 spiro atoms. The summed E-state index contributed by atoms with van der Waals surface area (Å²) < 4.78 is 0. The summed E-state index contributed by atoms with van der Waals surface area (Å²) >= 11 is 0. The van der Waals surface area contributed by atoms with Crippen molar-refractivity contribution in [1.29, 1.82) is 0 Å². The van der Waals surface area contributed by atoms with Crippen molar-refractivity contribution in [3.63, 3.8) is 0 Å². The van der Waals surface area contributed by atoms with Crippen molar-refractivity contribution in [1.82, 2.24) is 0 Å². The highest BCUT2D eigenvalue weighted by Gasteiger charge is 2.30. The van der Waals surface area contributed by atoms with Crippen LogP contribution < -0.4 is 10.2 Å². The number of carbonyl (C=O) groups is 1. The fraction of sp³-hybridized carbons (Fsp3) is 0.562. The molecule has 1 aliphatic carbocycles. The Morgan fingerprint density at radius 3 is 2.55 bits per heavy atom. The number of amides is 1. The molecule has 3 rings (SSSR count). The number of rotatable bonds is 4. The third-order valence-electron chi connectivity index (χ3n) is 4.32. The van der Waals surface area contributed by atoms with Crippen molar-refractivity contribution in [2.45, 2.75) is 25.7 Å². The minimum atomic E-state index is 0.155. The number of aliphatic hydroxyl groups excluding tert-OH is 1. The fourth-order valence-corrected chi connectivity index (χ4v) is 2.79. The van der Waals surface area contributed by atoms with Crippen LogP contribution in [0.25, 0.3) is 0 Å². The molecule has 0 atom stereocenters. The Labute approximate surface area is 119 Å². The number of hydrogen-bond donors (Lipinski definition) is 2. The van der Waals surface area contributed by atoms with Gasteiger partial charge in [-0.25, -0.2) is 0 Å². The van der Waals surface area contributed by atoms with Gasteiger partial charge in [0.2, 0.25) is 5.91 Å². The van der Waals surface area contributed by atoms with Crippen LogP contribution in [0.5, 0.6) is 0 Å². The molecule has 4 heteroatoms. The number of carbonyl (C=O) groups excluding carboxylic acids is 1. The summed E-state index contributed by atoms with van der Waals surface area (Å²) in [5.41, 5.74) is 2.03. The largest absolute Gasteiger partial charge is 0.396 e. The zero-order valence-electron chi connectivity index (χ0n) is 11.7. The van der Waals surface area contributed by atoms with Crippen LogP contribution in [-0.2, 0) is 4.79 Å². The lowest BCUT2D eigenvalue weighted by molar-refractivity contribution is -0.117. The van der Waals surface area contributed by atoms with Crippen LogP contribution in [0.3, 0.4) is 0 Å². The molecule has 1 saturated carbocycles. The molecular weight excluding hydrogens is 252 g/mol. The van der Waals surface area contributed by atoms with Crippen molar-refractivity contribution in [2.24, 2.45) is 11.8 Å². The van der Waals surface area contributed by atoms with Gasteiger partial charge in [-0.1, -0.05) is 12.1 Å². The third kappa shape index (κ3) is 2.96. The van der Waals surface area contributed by atoms with Gasteiger partial charge in [0.25, 0.3) is 0 Å². The van der Waals surface area contributed by atoms with E-state index in [9.17, 15) is 9.90 Å². The highest BCUT2D eigenvalue weighted by molar-refractivity contribution is 5.97. The molecule has 0 aromatic heterocycles. The average Bonchev–Trinajstić information content (AvgIpc) is 3.33. The first-order chi connectivity index (χ1) is 9.78. The molecule has 0 unspecified atom stereocenters. The normalized spacial score (nSPS) is 19.9. The van der Waals surface area contributed by atoms with Gasteiger partial charge in [0.05, 0.1) is 11.4 Å². The lowest BCUT2D eigenvalue weighted by Crippen LogP contribution is -2.35. The number of piperidine rings is 1. The van der Waals surface area contributed by atoms with Crippen molar-refractivity contribution >= 4 is 17.3 Å². The Morgan fingerprint density at radius 2 is 1.90 bits per heavy atom. The average molecular weight is 274 g/mol. The first-order valence-electron chi connectivity index (χ1n) is 7.53. The molecule has 1 aliphatic heterocycles. The Morgan fingerprint density at radius 1 is 1.20 bits per heavy atom. The standard InChI is InChI=1S/C16H22N2O2/c19-11-12-7-9-18(10-8-12)15-4-2-1-3-14(15)17-16(20)13-5-6-13/h1-4,12-13,19H,5-11H2,(H,17,20). The molecule has 4 nitrogen and oxygen atoms in total. The topological polar surface area (TPSA) is 52.6 Å². The third-order valence-corrected chi connectivity index (χ3v) is 4.32. The summed E-state index contributed by atoms with van der Waals surface area (Å²) in [4.78, 5) is 14.3. The number of aliphatic hydroxyl groups is 1. The van der Waals surface area contributed by atoms with E-state index < -0.39 is 0 Å². The Kier molecular flexibility index (Phi) is 3.92. The minimum absolute atomic E-state index is 0.155.